The number of nitrogens with zero attached hydrogens (tertiary/aromatic N) is 1. The minimum absolute atomic E-state index is 0.612. The molecule has 0 bridgehead atoms. The lowest BCUT2D eigenvalue weighted by Gasteiger charge is -2.35. The molecular weight excluding hydrogens is 218 g/mol. The van der Waals surface area contributed by atoms with Gasteiger partial charge >= 0.3 is 0 Å². The normalized spacial score (nSPS) is 16.8. The van der Waals surface area contributed by atoms with E-state index in [1.165, 1.54) is 43.5 Å². The van der Waals surface area contributed by atoms with Crippen LogP contribution >= 0.6 is 0 Å². The van der Waals surface area contributed by atoms with Crippen molar-refractivity contribution in [2.45, 2.75) is 65.3 Å². The first-order valence-corrected chi connectivity index (χ1v) is 7.53. The van der Waals surface area contributed by atoms with Crippen molar-refractivity contribution in [2.75, 3.05) is 11.4 Å². The zero-order valence-corrected chi connectivity index (χ0v) is 12.4. The zero-order valence-electron chi connectivity index (χ0n) is 12.4. The third-order valence-electron chi connectivity index (χ3n) is 4.18. The average Bonchev–Trinajstić information content (AvgIpc) is 2.37. The summed E-state index contributed by atoms with van der Waals surface area (Å²) in [5, 5.41) is 0. The van der Waals surface area contributed by atoms with Crippen LogP contribution in [0.2, 0.25) is 0 Å². The maximum Gasteiger partial charge on any atom is 0.0403 e. The van der Waals surface area contributed by atoms with E-state index in [0.29, 0.717) is 12.0 Å². The Labute approximate surface area is 112 Å². The van der Waals surface area contributed by atoms with Crippen LogP contribution in [0.1, 0.15) is 64.0 Å². The number of fused-ring (bicyclic) bond motifs is 1. The number of aryl methyl sites for hydroxylation is 1. The first kappa shape index (κ1) is 13.5. The largest absolute Gasteiger partial charge is 0.369 e. The number of anilines is 1. The fraction of sp³-hybridized carbons (Fsp3) is 0.647. The van der Waals surface area contributed by atoms with E-state index in [-0.39, 0.29) is 0 Å². The second-order valence-corrected chi connectivity index (χ2v) is 5.97. The molecule has 0 aromatic heterocycles. The van der Waals surface area contributed by atoms with Crippen molar-refractivity contribution in [3.8, 4) is 0 Å². The fourth-order valence-electron chi connectivity index (χ4n) is 3.06. The van der Waals surface area contributed by atoms with Crippen LogP contribution in [-0.2, 0) is 6.42 Å². The predicted octanol–water partition coefficient (Wildman–Crippen LogP) is 4.75. The van der Waals surface area contributed by atoms with Crippen molar-refractivity contribution in [2.24, 2.45) is 0 Å². The van der Waals surface area contributed by atoms with Crippen LogP contribution in [0.3, 0.4) is 0 Å². The summed E-state index contributed by atoms with van der Waals surface area (Å²) in [4.78, 5) is 2.57. The Morgan fingerprint density at radius 3 is 2.67 bits per heavy atom. The third-order valence-corrected chi connectivity index (χ3v) is 4.18. The van der Waals surface area contributed by atoms with Crippen molar-refractivity contribution >= 4 is 5.69 Å². The van der Waals surface area contributed by atoms with E-state index in [1.54, 1.807) is 5.56 Å². The smallest absolute Gasteiger partial charge is 0.0403 e. The van der Waals surface area contributed by atoms with Gasteiger partial charge in [-0.15, -0.1) is 0 Å². The highest BCUT2D eigenvalue weighted by atomic mass is 15.2. The molecule has 1 unspecified atom stereocenters. The van der Waals surface area contributed by atoms with Gasteiger partial charge in [0.25, 0.3) is 0 Å². The quantitative estimate of drug-likeness (QED) is 0.740. The maximum absolute atomic E-state index is 2.57. The van der Waals surface area contributed by atoms with E-state index in [9.17, 15) is 0 Å². The van der Waals surface area contributed by atoms with Crippen molar-refractivity contribution in [1.29, 1.82) is 0 Å². The van der Waals surface area contributed by atoms with E-state index >= 15 is 0 Å². The van der Waals surface area contributed by atoms with E-state index in [0.717, 1.165) is 0 Å². The highest BCUT2D eigenvalue weighted by Crippen LogP contribution is 2.32. The molecule has 1 nitrogen and oxygen atoms in total. The maximum atomic E-state index is 2.57. The molecule has 1 aromatic rings. The molecule has 1 atom stereocenters. The molecule has 100 valence electrons. The second kappa shape index (κ2) is 5.77. The van der Waals surface area contributed by atoms with Crippen LogP contribution < -0.4 is 4.90 Å². The molecule has 0 fully saturated rings. The summed E-state index contributed by atoms with van der Waals surface area (Å²) in [6.07, 6.45) is 5.11. The van der Waals surface area contributed by atoms with Crippen LogP contribution in [-0.4, -0.2) is 12.6 Å². The van der Waals surface area contributed by atoms with Crippen molar-refractivity contribution in [3.63, 3.8) is 0 Å². The van der Waals surface area contributed by atoms with Crippen molar-refractivity contribution in [3.05, 3.63) is 29.3 Å². The molecule has 0 radical (unpaired) electrons. The van der Waals surface area contributed by atoms with Gasteiger partial charge in [0.1, 0.15) is 0 Å². The van der Waals surface area contributed by atoms with E-state index in [4.69, 9.17) is 0 Å². The molecule has 1 aliphatic rings. The molecule has 18 heavy (non-hydrogen) atoms. The van der Waals surface area contributed by atoms with Gasteiger partial charge in [0.15, 0.2) is 0 Å². The van der Waals surface area contributed by atoms with Crippen LogP contribution in [0, 0.1) is 0 Å². The number of hydrogen-bond donors (Lipinski definition) is 0. The molecule has 0 spiro atoms. The van der Waals surface area contributed by atoms with Crippen LogP contribution in [0.4, 0.5) is 5.69 Å². The average molecular weight is 245 g/mol. The Hall–Kier alpha value is -0.980. The summed E-state index contributed by atoms with van der Waals surface area (Å²) in [7, 11) is 0. The van der Waals surface area contributed by atoms with Crippen LogP contribution in [0.25, 0.3) is 0 Å². The van der Waals surface area contributed by atoms with Gasteiger partial charge in [-0.25, -0.2) is 0 Å². The third kappa shape index (κ3) is 2.71. The topological polar surface area (TPSA) is 3.24 Å². The molecular formula is C17H27N. The Morgan fingerprint density at radius 1 is 1.22 bits per heavy atom. The molecule has 1 aromatic carbocycles. The summed E-state index contributed by atoms with van der Waals surface area (Å²) < 4.78 is 0. The number of hydrogen-bond acceptors (Lipinski definition) is 1. The number of benzene rings is 1. The Morgan fingerprint density at radius 2 is 2.00 bits per heavy atom. The molecule has 0 aliphatic carbocycles. The standard InChI is InChI=1S/C17H27N/c1-5-7-14(4)16-10-9-15-8-6-11-18(13(2)3)17(15)12-16/h9-10,12-14H,5-8,11H2,1-4H3. The van der Waals surface area contributed by atoms with Gasteiger partial charge in [-0.3, -0.25) is 0 Å². The molecule has 1 heteroatoms. The van der Waals surface area contributed by atoms with Crippen LogP contribution in [0.15, 0.2) is 18.2 Å². The monoisotopic (exact) mass is 245 g/mol. The van der Waals surface area contributed by atoms with Gasteiger partial charge in [-0.05, 0) is 56.2 Å². The van der Waals surface area contributed by atoms with Gasteiger partial charge in [0.2, 0.25) is 0 Å². The first-order valence-electron chi connectivity index (χ1n) is 7.53. The van der Waals surface area contributed by atoms with E-state index in [1.807, 2.05) is 0 Å². The molecule has 2 rings (SSSR count). The van der Waals surface area contributed by atoms with Gasteiger partial charge in [0, 0.05) is 18.3 Å². The minimum Gasteiger partial charge on any atom is -0.369 e. The molecule has 1 aliphatic heterocycles. The summed E-state index contributed by atoms with van der Waals surface area (Å²) >= 11 is 0. The molecule has 0 N–H and O–H groups in total. The molecule has 0 saturated heterocycles. The Bertz CT molecular complexity index is 395. The molecule has 1 heterocycles. The highest BCUT2D eigenvalue weighted by molar-refractivity contribution is 5.58. The van der Waals surface area contributed by atoms with Crippen molar-refractivity contribution < 1.29 is 0 Å². The lowest BCUT2D eigenvalue weighted by Crippen LogP contribution is -2.35. The van der Waals surface area contributed by atoms with Gasteiger partial charge in [-0.1, -0.05) is 32.4 Å². The summed E-state index contributed by atoms with van der Waals surface area (Å²) in [6, 6.07) is 7.78. The fourth-order valence-corrected chi connectivity index (χ4v) is 3.06. The molecule has 0 amide bonds. The van der Waals surface area contributed by atoms with Crippen LogP contribution in [0.5, 0.6) is 0 Å². The highest BCUT2D eigenvalue weighted by Gasteiger charge is 2.20. The summed E-state index contributed by atoms with van der Waals surface area (Å²) in [5.74, 6) is 0.691. The zero-order chi connectivity index (χ0) is 13.1. The lowest BCUT2D eigenvalue weighted by atomic mass is 9.92. The van der Waals surface area contributed by atoms with Gasteiger partial charge in [-0.2, -0.15) is 0 Å². The SMILES string of the molecule is CCCC(C)c1ccc2c(c1)N(C(C)C)CCC2. The predicted molar refractivity (Wildman–Crippen MR) is 80.6 cm³/mol. The summed E-state index contributed by atoms with van der Waals surface area (Å²) in [6.45, 7) is 10.5. The minimum atomic E-state index is 0.612. The first-order chi connectivity index (χ1) is 8.63. The second-order valence-electron chi connectivity index (χ2n) is 5.97. The van der Waals surface area contributed by atoms with E-state index in [2.05, 4.69) is 50.8 Å². The number of rotatable bonds is 4. The van der Waals surface area contributed by atoms with Crippen molar-refractivity contribution in [1.82, 2.24) is 0 Å². The van der Waals surface area contributed by atoms with Gasteiger partial charge in [0.05, 0.1) is 0 Å². The lowest BCUT2D eigenvalue weighted by molar-refractivity contribution is 0.621. The molecule has 0 saturated carbocycles. The summed E-state index contributed by atoms with van der Waals surface area (Å²) in [5.41, 5.74) is 4.56. The van der Waals surface area contributed by atoms with Gasteiger partial charge < -0.3 is 4.90 Å². The van der Waals surface area contributed by atoms with E-state index < -0.39 is 0 Å². The Balaban J connectivity index is 2.30. The Kier molecular flexibility index (Phi) is 4.31.